The van der Waals surface area contributed by atoms with Gasteiger partial charge < -0.3 is 4.79 Å². The Morgan fingerprint density at radius 2 is 2.45 bits per heavy atom. The summed E-state index contributed by atoms with van der Waals surface area (Å²) in [6, 6.07) is 0. The van der Waals surface area contributed by atoms with Gasteiger partial charge in [-0.05, 0) is 24.7 Å². The first-order valence-corrected chi connectivity index (χ1v) is 4.26. The third kappa shape index (κ3) is 0.816. The van der Waals surface area contributed by atoms with Crippen molar-refractivity contribution in [2.75, 3.05) is 0 Å². The SMILES string of the molecule is C[B]C1(C=O)CC2C=CC1C2. The van der Waals surface area contributed by atoms with Gasteiger partial charge in [0.25, 0.3) is 0 Å². The summed E-state index contributed by atoms with van der Waals surface area (Å²) >= 11 is 0. The summed E-state index contributed by atoms with van der Waals surface area (Å²) < 4.78 is 0. The molecule has 0 spiro atoms. The summed E-state index contributed by atoms with van der Waals surface area (Å²) in [7, 11) is 2.08. The van der Waals surface area contributed by atoms with Crippen molar-refractivity contribution in [2.24, 2.45) is 11.8 Å². The molecule has 57 valence electrons. The van der Waals surface area contributed by atoms with E-state index < -0.39 is 0 Å². The Morgan fingerprint density at radius 1 is 1.64 bits per heavy atom. The summed E-state index contributed by atoms with van der Waals surface area (Å²) in [5, 5.41) is -0.0978. The molecule has 1 nitrogen and oxygen atoms in total. The van der Waals surface area contributed by atoms with E-state index in [1.165, 1.54) is 6.42 Å². The van der Waals surface area contributed by atoms with Crippen molar-refractivity contribution < 1.29 is 4.79 Å². The normalized spacial score (nSPS) is 46.3. The molecule has 0 aromatic rings. The molecule has 3 atom stereocenters. The van der Waals surface area contributed by atoms with Crippen LogP contribution in [0.3, 0.4) is 0 Å². The fraction of sp³-hybridized carbons (Fsp3) is 0.667. The third-order valence-corrected chi connectivity index (χ3v) is 3.24. The molecule has 0 aromatic heterocycles. The lowest BCUT2D eigenvalue weighted by atomic mass is 9.49. The first-order valence-electron chi connectivity index (χ1n) is 4.26. The van der Waals surface area contributed by atoms with Crippen molar-refractivity contribution in [3.05, 3.63) is 12.2 Å². The van der Waals surface area contributed by atoms with Crippen LogP contribution in [0.1, 0.15) is 12.8 Å². The zero-order valence-corrected chi connectivity index (χ0v) is 6.79. The van der Waals surface area contributed by atoms with E-state index in [0.29, 0.717) is 11.8 Å². The first-order chi connectivity index (χ1) is 5.30. The molecule has 0 aliphatic heterocycles. The molecule has 1 fully saturated rings. The smallest absolute Gasteiger partial charge is 0.124 e. The van der Waals surface area contributed by atoms with E-state index in [4.69, 9.17) is 0 Å². The highest BCUT2D eigenvalue weighted by molar-refractivity contribution is 6.44. The topological polar surface area (TPSA) is 17.1 Å². The van der Waals surface area contributed by atoms with Gasteiger partial charge in [-0.15, -0.1) is 0 Å². The van der Waals surface area contributed by atoms with Crippen molar-refractivity contribution in [2.45, 2.75) is 25.0 Å². The molecule has 1 saturated carbocycles. The maximum Gasteiger partial charge on any atom is 0.124 e. The van der Waals surface area contributed by atoms with Crippen molar-refractivity contribution in [3.63, 3.8) is 0 Å². The lowest BCUT2D eigenvalue weighted by Crippen LogP contribution is -2.24. The van der Waals surface area contributed by atoms with Crippen LogP contribution in [0.4, 0.5) is 0 Å². The van der Waals surface area contributed by atoms with E-state index >= 15 is 0 Å². The van der Waals surface area contributed by atoms with E-state index in [1.54, 1.807) is 0 Å². The molecule has 1 radical (unpaired) electrons. The molecule has 0 heterocycles. The van der Waals surface area contributed by atoms with Crippen LogP contribution in [0.5, 0.6) is 0 Å². The van der Waals surface area contributed by atoms with Gasteiger partial charge in [0.15, 0.2) is 0 Å². The average molecular weight is 147 g/mol. The van der Waals surface area contributed by atoms with Crippen molar-refractivity contribution in [1.29, 1.82) is 0 Å². The molecule has 3 unspecified atom stereocenters. The fourth-order valence-electron chi connectivity index (χ4n) is 2.47. The Morgan fingerprint density at radius 3 is 2.73 bits per heavy atom. The fourth-order valence-corrected chi connectivity index (χ4v) is 2.47. The van der Waals surface area contributed by atoms with Gasteiger partial charge in [-0.25, -0.2) is 0 Å². The van der Waals surface area contributed by atoms with Gasteiger partial charge in [0, 0.05) is 5.31 Å². The molecule has 0 N–H and O–H groups in total. The Bertz CT molecular complexity index is 212. The lowest BCUT2D eigenvalue weighted by Gasteiger charge is -2.27. The predicted molar refractivity (Wildman–Crippen MR) is 45.7 cm³/mol. The molecule has 2 rings (SSSR count). The molecular formula is C9H12BO. The summed E-state index contributed by atoms with van der Waals surface area (Å²) in [6.07, 6.45) is 7.86. The average Bonchev–Trinajstić information content (AvgIpc) is 2.62. The highest BCUT2D eigenvalue weighted by atomic mass is 16.1. The zero-order valence-electron chi connectivity index (χ0n) is 6.79. The highest BCUT2D eigenvalue weighted by Gasteiger charge is 2.46. The minimum atomic E-state index is -0.0978. The summed E-state index contributed by atoms with van der Waals surface area (Å²) in [5.41, 5.74) is 0. The van der Waals surface area contributed by atoms with E-state index in [9.17, 15) is 4.79 Å². The second-order valence-electron chi connectivity index (χ2n) is 3.71. The Labute approximate surface area is 68.1 Å². The van der Waals surface area contributed by atoms with Crippen LogP contribution in [0, 0.1) is 11.8 Å². The van der Waals surface area contributed by atoms with Crippen LogP contribution < -0.4 is 0 Å². The van der Waals surface area contributed by atoms with E-state index in [1.807, 2.05) is 6.82 Å². The second-order valence-corrected chi connectivity index (χ2v) is 3.71. The standard InChI is InChI=1S/C9H12BO/c1-10-9(6-11)5-7-2-3-8(9)4-7/h2-3,6-8H,4-5H2,1H3. The Balaban J connectivity index is 2.28. The predicted octanol–water partition coefficient (Wildman–Crippen LogP) is 1.69. The van der Waals surface area contributed by atoms with Gasteiger partial charge in [-0.1, -0.05) is 19.0 Å². The number of hydrogen-bond donors (Lipinski definition) is 0. The van der Waals surface area contributed by atoms with Crippen LogP contribution in [0.2, 0.25) is 12.1 Å². The Kier molecular flexibility index (Phi) is 1.45. The maximum absolute atomic E-state index is 10.9. The Hall–Kier alpha value is -0.525. The number of aldehydes is 1. The second kappa shape index (κ2) is 2.23. The molecule has 0 amide bonds. The summed E-state index contributed by atoms with van der Waals surface area (Å²) in [4.78, 5) is 10.9. The van der Waals surface area contributed by atoms with E-state index in [-0.39, 0.29) is 5.31 Å². The van der Waals surface area contributed by atoms with Gasteiger partial charge in [-0.3, -0.25) is 0 Å². The van der Waals surface area contributed by atoms with Gasteiger partial charge in [0.1, 0.15) is 13.6 Å². The molecule has 2 bridgehead atoms. The number of carbonyl (C=O) groups excluding carboxylic acids is 1. The quantitative estimate of drug-likeness (QED) is 0.330. The number of allylic oxidation sites excluding steroid dienone is 2. The summed E-state index contributed by atoms with van der Waals surface area (Å²) in [6.45, 7) is 2.00. The number of hydrogen-bond acceptors (Lipinski definition) is 1. The molecule has 11 heavy (non-hydrogen) atoms. The maximum atomic E-state index is 10.9. The molecule has 2 aliphatic rings. The van der Waals surface area contributed by atoms with Crippen LogP contribution in [0.25, 0.3) is 0 Å². The van der Waals surface area contributed by atoms with Crippen molar-refractivity contribution >= 4 is 13.6 Å². The van der Waals surface area contributed by atoms with Gasteiger partial charge in [0.2, 0.25) is 0 Å². The van der Waals surface area contributed by atoms with Crippen LogP contribution in [0.15, 0.2) is 12.2 Å². The number of rotatable bonds is 2. The van der Waals surface area contributed by atoms with Crippen molar-refractivity contribution in [1.82, 2.24) is 0 Å². The third-order valence-electron chi connectivity index (χ3n) is 3.24. The van der Waals surface area contributed by atoms with Crippen LogP contribution >= 0.6 is 0 Å². The monoisotopic (exact) mass is 147 g/mol. The molecular weight excluding hydrogens is 135 g/mol. The highest BCUT2D eigenvalue weighted by Crippen LogP contribution is 2.55. The zero-order chi connectivity index (χ0) is 7.90. The van der Waals surface area contributed by atoms with Gasteiger partial charge in [0.05, 0.1) is 0 Å². The number of carbonyl (C=O) groups is 1. The molecule has 2 heteroatoms. The summed E-state index contributed by atoms with van der Waals surface area (Å²) in [5.74, 6) is 1.19. The molecule has 0 saturated heterocycles. The largest absolute Gasteiger partial charge is 0.304 e. The van der Waals surface area contributed by atoms with Crippen LogP contribution in [-0.4, -0.2) is 13.6 Å². The molecule has 0 aromatic carbocycles. The van der Waals surface area contributed by atoms with Crippen LogP contribution in [-0.2, 0) is 4.79 Å². The van der Waals surface area contributed by atoms with Gasteiger partial charge >= 0.3 is 0 Å². The number of fused-ring (bicyclic) bond motifs is 2. The molecule has 2 aliphatic carbocycles. The van der Waals surface area contributed by atoms with E-state index in [2.05, 4.69) is 19.4 Å². The van der Waals surface area contributed by atoms with Gasteiger partial charge in [-0.2, -0.15) is 0 Å². The minimum Gasteiger partial charge on any atom is -0.304 e. The minimum absolute atomic E-state index is 0.0978. The van der Waals surface area contributed by atoms with E-state index in [0.717, 1.165) is 12.7 Å². The lowest BCUT2D eigenvalue weighted by molar-refractivity contribution is -0.111. The first kappa shape index (κ1) is 7.14. The van der Waals surface area contributed by atoms with Crippen molar-refractivity contribution in [3.8, 4) is 0 Å².